The lowest BCUT2D eigenvalue weighted by Gasteiger charge is -2.67. The molecule has 1 heterocycles. The van der Waals surface area contributed by atoms with Gasteiger partial charge in [0.1, 0.15) is 54.2 Å². The number of primary amides is 1. The molecule has 0 radical (unpaired) electrons. The average molecular weight is 1480 g/mol. The zero-order valence-electron chi connectivity index (χ0n) is 61.8. The van der Waals surface area contributed by atoms with Crippen LogP contribution in [0.5, 0.6) is 0 Å². The van der Waals surface area contributed by atoms with Crippen LogP contribution in [0, 0.1) is 22.7 Å². The summed E-state index contributed by atoms with van der Waals surface area (Å²) in [6.07, 6.45) is -14.9. The van der Waals surface area contributed by atoms with Crippen molar-refractivity contribution in [3.8, 4) is 0 Å². The van der Waals surface area contributed by atoms with E-state index in [2.05, 4.69) is 26.6 Å². The third kappa shape index (κ3) is 19.6. The first-order valence-electron chi connectivity index (χ1n) is 34.8. The Labute approximate surface area is 613 Å². The summed E-state index contributed by atoms with van der Waals surface area (Å²) in [5.41, 5.74) is -3.59. The summed E-state index contributed by atoms with van der Waals surface area (Å²) in [5, 5.41) is 48.5. The molecule has 2 saturated carbocycles. The molecule has 4 aliphatic rings. The highest BCUT2D eigenvalue weighted by molar-refractivity contribution is 5.99. The van der Waals surface area contributed by atoms with Gasteiger partial charge in [-0.2, -0.15) is 0 Å². The maximum atomic E-state index is 15.9. The zero-order chi connectivity index (χ0) is 78.6. The van der Waals surface area contributed by atoms with E-state index in [1.54, 1.807) is 83.1 Å². The number of benzene rings is 3. The lowest BCUT2D eigenvalue weighted by atomic mass is 9.44. The number of aliphatic hydroxyl groups excluding tert-OH is 1. The molecule has 578 valence electrons. The van der Waals surface area contributed by atoms with Crippen molar-refractivity contribution in [2.75, 3.05) is 45.7 Å². The van der Waals surface area contributed by atoms with Crippen LogP contribution < -0.4 is 32.3 Å². The van der Waals surface area contributed by atoms with Crippen LogP contribution >= 0.6 is 0 Å². The number of Topliss-reactive ketones (excluding diaryl/α,β-unsaturated/α-hetero) is 1. The number of nitrogens with two attached hydrogens (primary N) is 1. The number of esters is 4. The highest BCUT2D eigenvalue weighted by Crippen LogP contribution is 2.64. The first kappa shape index (κ1) is 83.1. The normalized spacial score (nSPS) is 23.9. The number of carboxylic acid groups (broad SMARTS) is 1. The van der Waals surface area contributed by atoms with Crippen LogP contribution in [0.4, 0.5) is 24.9 Å². The topological polar surface area (TPSA) is 449 Å². The molecule has 8 amide bonds. The second-order valence-electron chi connectivity index (χ2n) is 29.1. The quantitative estimate of drug-likeness (QED) is 0.0181. The van der Waals surface area contributed by atoms with Crippen molar-refractivity contribution < 1.29 is 116 Å². The Morgan fingerprint density at radius 1 is 0.774 bits per heavy atom. The number of aliphatic carboxylic acids is 1. The number of carbonyl (C=O) groups is 13. The summed E-state index contributed by atoms with van der Waals surface area (Å²) >= 11 is 0. The van der Waals surface area contributed by atoms with Crippen molar-refractivity contribution >= 4 is 83.3 Å². The molecule has 106 heavy (non-hydrogen) atoms. The van der Waals surface area contributed by atoms with E-state index < -0.39 is 185 Å². The number of hydrogen-bond acceptors (Lipinski definition) is 23. The number of aliphatic hydroxyl groups is 2. The molecule has 1 aliphatic heterocycles. The Bertz CT molecular complexity index is 3790. The average Bonchev–Trinajstić information content (AvgIpc) is 0.669. The van der Waals surface area contributed by atoms with Crippen LogP contribution in [-0.4, -0.2) is 209 Å². The van der Waals surface area contributed by atoms with Crippen molar-refractivity contribution in [3.05, 3.63) is 113 Å². The highest BCUT2D eigenvalue weighted by atomic mass is 16.6. The number of carbonyl (C=O) groups excluding carboxylic acids is 12. The van der Waals surface area contributed by atoms with Gasteiger partial charge in [0.2, 0.25) is 23.8 Å². The third-order valence-corrected chi connectivity index (χ3v) is 19.7. The molecule has 3 aliphatic carbocycles. The second kappa shape index (κ2) is 34.8. The van der Waals surface area contributed by atoms with Gasteiger partial charge in [-0.05, 0) is 106 Å². The van der Waals surface area contributed by atoms with E-state index in [1.165, 1.54) is 78.2 Å². The fourth-order valence-electron chi connectivity index (χ4n) is 14.0. The number of ether oxygens (including phenoxy) is 8. The Morgan fingerprint density at radius 2 is 1.40 bits per heavy atom. The van der Waals surface area contributed by atoms with Crippen LogP contribution in [0.2, 0.25) is 0 Å². The van der Waals surface area contributed by atoms with E-state index in [0.29, 0.717) is 5.56 Å². The van der Waals surface area contributed by atoms with Crippen molar-refractivity contribution in [2.24, 2.45) is 28.4 Å². The molecule has 0 spiro atoms. The van der Waals surface area contributed by atoms with E-state index in [4.69, 9.17) is 48.7 Å². The van der Waals surface area contributed by atoms with Crippen LogP contribution in [-0.2, 0) is 82.9 Å². The summed E-state index contributed by atoms with van der Waals surface area (Å²) in [4.78, 5) is 179. The lowest BCUT2D eigenvalue weighted by Crippen LogP contribution is -2.82. The Kier molecular flexibility index (Phi) is 27.3. The van der Waals surface area contributed by atoms with Crippen molar-refractivity contribution in [1.29, 1.82) is 0 Å². The molecule has 3 aromatic rings. The summed E-state index contributed by atoms with van der Waals surface area (Å²) in [7, 11) is 2.67. The maximum absolute atomic E-state index is 15.9. The Balaban J connectivity index is 1.13. The van der Waals surface area contributed by atoms with E-state index in [0.717, 1.165) is 23.6 Å². The van der Waals surface area contributed by atoms with E-state index in [9.17, 15) is 63.0 Å². The predicted octanol–water partition coefficient (Wildman–Crippen LogP) is 5.44. The molecule has 32 heteroatoms. The molecule has 13 atom stereocenters. The van der Waals surface area contributed by atoms with Gasteiger partial charge in [0.15, 0.2) is 17.5 Å². The fourth-order valence-corrected chi connectivity index (χ4v) is 14.0. The first-order chi connectivity index (χ1) is 49.6. The number of hydrogen-bond donors (Lipinski definition) is 9. The zero-order valence-corrected chi connectivity index (χ0v) is 61.8. The minimum absolute atomic E-state index is 0.0129. The first-order valence-corrected chi connectivity index (χ1v) is 34.8. The molecule has 3 fully saturated rings. The van der Waals surface area contributed by atoms with Gasteiger partial charge in [0, 0.05) is 84.4 Å². The van der Waals surface area contributed by atoms with Crippen LogP contribution in [0.15, 0.2) is 96.1 Å². The standard InChI is InChI=1S/C74H98N8O24/c1-40(2)55(79-52(86)27-20-28-53(87)88)63(91)78-48(26-21-33-76-66(75)94)62(90)77-47-31-29-44(30-32-47)38-99-68(96)81(12)34-35-82(13)69(97)103-58(56(45-22-16-14-17-23-45)80-67(95)106-70(6,7)8)65(93)102-49-37-74(98)61(104-64(92)46-24-18-15-19-25-46)59-72(11,50(85)36-51-73(59,39-100-51)105-43(5)84)60(89)57(101-42(4)83)54(41(49)3)71(74,9)10/h14-19,22-25,29-32,40,48-51,55-59,61,85,98H,20-21,26-28,33-39H2,1-13H3,(H,77,90)(H,78,91)(H,79,86)(H,80,95)(H,87,88)(H3,75,76,94)/t48-,49-,50-,51+,55-,56-,57+,58+,59-,61-,72+,73-,74+/m0/s1. The smallest absolute Gasteiger partial charge is 0.410 e. The number of rotatable bonds is 29. The Morgan fingerprint density at radius 3 is 1.96 bits per heavy atom. The number of nitrogens with zero attached hydrogens (tertiary/aromatic N) is 2. The minimum atomic E-state index is -2.58. The number of fused-ring (bicyclic) bond motifs is 5. The number of anilines is 1. The molecule has 10 N–H and O–H groups in total. The molecule has 3 aromatic carbocycles. The van der Waals surface area contributed by atoms with Gasteiger partial charge >= 0.3 is 54.2 Å². The molecule has 0 unspecified atom stereocenters. The van der Waals surface area contributed by atoms with Crippen molar-refractivity contribution in [3.63, 3.8) is 0 Å². The number of ketones is 1. The molecule has 7 rings (SSSR count). The number of carboxylic acids is 1. The number of likely N-dealkylation sites (N-methyl/N-ethyl adjacent to an activating group) is 2. The summed E-state index contributed by atoms with van der Waals surface area (Å²) in [6.45, 7) is 15.0. The lowest BCUT2D eigenvalue weighted by molar-refractivity contribution is -0.346. The molecule has 0 aromatic heterocycles. The molecular formula is C74H98N8O24. The van der Waals surface area contributed by atoms with Gasteiger partial charge in [0.25, 0.3) is 0 Å². The van der Waals surface area contributed by atoms with Crippen molar-refractivity contribution in [1.82, 2.24) is 31.1 Å². The highest BCUT2D eigenvalue weighted by Gasteiger charge is 2.78. The minimum Gasteiger partial charge on any atom is -0.481 e. The maximum Gasteiger partial charge on any atom is 0.410 e. The second-order valence-corrected chi connectivity index (χ2v) is 29.1. The van der Waals surface area contributed by atoms with Gasteiger partial charge in [-0.1, -0.05) is 88.4 Å². The van der Waals surface area contributed by atoms with Crippen LogP contribution in [0.3, 0.4) is 0 Å². The number of alkyl carbamates (subject to hydrolysis) is 1. The molecule has 2 bridgehead atoms. The summed E-state index contributed by atoms with van der Waals surface area (Å²) in [5.74, 6) is -10.3. The molecule has 1 saturated heterocycles. The van der Waals surface area contributed by atoms with Gasteiger partial charge in [-0.3, -0.25) is 33.6 Å². The molecule has 32 nitrogen and oxygen atoms in total. The number of nitrogens with one attached hydrogen (secondary N) is 5. The molecular weight excluding hydrogens is 1380 g/mol. The van der Waals surface area contributed by atoms with Gasteiger partial charge < -0.3 is 95.3 Å². The van der Waals surface area contributed by atoms with E-state index >= 15 is 9.59 Å². The van der Waals surface area contributed by atoms with Crippen LogP contribution in [0.25, 0.3) is 0 Å². The monoisotopic (exact) mass is 1480 g/mol. The van der Waals surface area contributed by atoms with Gasteiger partial charge in [0.05, 0.1) is 29.6 Å². The SMILES string of the molecule is CC(=O)O[C@H]1C(=O)[C@@]2(C)[C@H]([C@H](OC(=O)c3ccccc3)[C@]3(O)C[C@H](OC(=O)[C@H](OC(=O)N(C)CCN(C)C(=O)OCc4ccc(NC(=O)[C@H](CCCNC(N)=O)NC(=O)[C@@H](NC(=O)CCCC(=O)O)C(C)C)cc4)[C@@H](NC(=O)OC(C)(C)C)c4ccccc4)C(C)=C1C3(C)C)[C@]1(OC(C)=O)CO[C@@H]1C[C@@H]2O. The largest absolute Gasteiger partial charge is 0.481 e. The number of amides is 8. The van der Waals surface area contributed by atoms with E-state index in [-0.39, 0.29) is 92.7 Å². The van der Waals surface area contributed by atoms with Gasteiger partial charge in [-0.25, -0.2) is 28.8 Å². The predicted molar refractivity (Wildman–Crippen MR) is 375 cm³/mol. The van der Waals surface area contributed by atoms with Gasteiger partial charge in [-0.15, -0.1) is 0 Å². The fraction of sp³-hybridized carbons (Fsp3) is 0.554. The van der Waals surface area contributed by atoms with Crippen molar-refractivity contribution in [2.45, 2.75) is 199 Å². The van der Waals surface area contributed by atoms with E-state index in [1.807, 2.05) is 0 Å². The summed E-state index contributed by atoms with van der Waals surface area (Å²) < 4.78 is 48.3. The summed E-state index contributed by atoms with van der Waals surface area (Å²) in [6, 6.07) is 16.9. The number of urea groups is 1. The third-order valence-electron chi connectivity index (χ3n) is 19.7. The van der Waals surface area contributed by atoms with Crippen LogP contribution in [0.1, 0.15) is 149 Å². The Hall–Kier alpha value is -10.2.